The molecule has 0 aromatic carbocycles. The molecule has 2 fully saturated rings. The van der Waals surface area contributed by atoms with Crippen molar-refractivity contribution >= 4 is 5.91 Å². The van der Waals surface area contributed by atoms with Crippen LogP contribution in [0.25, 0.3) is 0 Å². The smallest absolute Gasteiger partial charge is 0.316 e. The molecule has 0 radical (unpaired) electrons. The predicted molar refractivity (Wildman–Crippen MR) is 91.6 cm³/mol. The first kappa shape index (κ1) is 17.1. The lowest BCUT2D eigenvalue weighted by Gasteiger charge is -2.22. The molecule has 2 aliphatic rings. The van der Waals surface area contributed by atoms with Gasteiger partial charge in [0.1, 0.15) is 0 Å². The molecule has 1 N–H and O–H groups in total. The minimum atomic E-state index is 0.257. The monoisotopic (exact) mass is 332 g/mol. The van der Waals surface area contributed by atoms with E-state index in [1.807, 2.05) is 12.4 Å². The van der Waals surface area contributed by atoms with Crippen LogP contribution < -0.4 is 10.1 Å². The van der Waals surface area contributed by atoms with Gasteiger partial charge in [-0.25, -0.2) is 9.97 Å². The fourth-order valence-electron chi connectivity index (χ4n) is 3.77. The van der Waals surface area contributed by atoms with Crippen LogP contribution in [-0.2, 0) is 11.3 Å². The largest absolute Gasteiger partial charge is 0.467 e. The number of carbonyl (C=O) groups is 1. The van der Waals surface area contributed by atoms with Crippen LogP contribution in [0.15, 0.2) is 12.4 Å². The van der Waals surface area contributed by atoms with E-state index in [4.69, 9.17) is 4.74 Å². The Hall–Kier alpha value is -1.69. The summed E-state index contributed by atoms with van der Waals surface area (Å²) in [4.78, 5) is 22.9. The van der Waals surface area contributed by atoms with Gasteiger partial charge >= 0.3 is 6.01 Å². The normalized spacial score (nSPS) is 22.5. The van der Waals surface area contributed by atoms with Crippen LogP contribution >= 0.6 is 0 Å². The van der Waals surface area contributed by atoms with Gasteiger partial charge in [-0.2, -0.15) is 0 Å². The van der Waals surface area contributed by atoms with Crippen LogP contribution in [0.2, 0.25) is 0 Å². The third-order valence-electron chi connectivity index (χ3n) is 5.18. The number of likely N-dealkylation sites (tertiary alicyclic amines) is 1. The lowest BCUT2D eigenvalue weighted by molar-refractivity contribution is -0.126. The van der Waals surface area contributed by atoms with Crippen molar-refractivity contribution in [1.82, 2.24) is 20.2 Å². The number of ether oxygens (including phenoxy) is 1. The summed E-state index contributed by atoms with van der Waals surface area (Å²) in [5.74, 6) is 1.08. The highest BCUT2D eigenvalue weighted by Gasteiger charge is 2.25. The Balaban J connectivity index is 1.39. The van der Waals surface area contributed by atoms with Crippen molar-refractivity contribution in [3.8, 4) is 6.01 Å². The maximum atomic E-state index is 12.2. The number of nitrogens with one attached hydrogen (secondary N) is 1. The minimum absolute atomic E-state index is 0.257. The Bertz CT molecular complexity index is 528. The Morgan fingerprint density at radius 2 is 2.00 bits per heavy atom. The first-order chi connectivity index (χ1) is 11.7. The molecule has 24 heavy (non-hydrogen) atoms. The SMILES string of the molecule is COc1ncc(CN2CCC(CNC(=O)C3CCCCC3)C2)cn1. The van der Waals surface area contributed by atoms with Crippen LogP contribution in [0.5, 0.6) is 6.01 Å². The van der Waals surface area contributed by atoms with Gasteiger partial charge in [-0.05, 0) is 31.7 Å². The molecule has 1 aromatic heterocycles. The molecule has 3 rings (SSSR count). The Morgan fingerprint density at radius 1 is 1.25 bits per heavy atom. The molecule has 1 atom stereocenters. The highest BCUT2D eigenvalue weighted by molar-refractivity contribution is 5.78. The van der Waals surface area contributed by atoms with E-state index in [0.717, 1.165) is 51.0 Å². The van der Waals surface area contributed by atoms with E-state index >= 15 is 0 Å². The van der Waals surface area contributed by atoms with Crippen molar-refractivity contribution in [1.29, 1.82) is 0 Å². The van der Waals surface area contributed by atoms with Crippen molar-refractivity contribution in [2.75, 3.05) is 26.7 Å². The topological polar surface area (TPSA) is 67.3 Å². The molecule has 1 aliphatic heterocycles. The average Bonchev–Trinajstić information content (AvgIpc) is 3.08. The van der Waals surface area contributed by atoms with Crippen LogP contribution in [0, 0.1) is 11.8 Å². The highest BCUT2D eigenvalue weighted by atomic mass is 16.5. The summed E-state index contributed by atoms with van der Waals surface area (Å²) in [5.41, 5.74) is 1.10. The van der Waals surface area contributed by atoms with Crippen molar-refractivity contribution in [2.45, 2.75) is 45.1 Å². The number of rotatable bonds is 6. The summed E-state index contributed by atoms with van der Waals surface area (Å²) < 4.78 is 4.98. The number of carbonyl (C=O) groups excluding carboxylic acids is 1. The summed E-state index contributed by atoms with van der Waals surface area (Å²) in [6, 6.07) is 0.406. The first-order valence-corrected chi connectivity index (χ1v) is 9.09. The number of nitrogens with zero attached hydrogens (tertiary/aromatic N) is 3. The highest BCUT2D eigenvalue weighted by Crippen LogP contribution is 2.24. The van der Waals surface area contributed by atoms with Gasteiger partial charge in [0.2, 0.25) is 5.91 Å². The molecular weight excluding hydrogens is 304 g/mol. The molecule has 2 heterocycles. The molecule has 1 saturated carbocycles. The maximum Gasteiger partial charge on any atom is 0.316 e. The van der Waals surface area contributed by atoms with Gasteiger partial charge in [-0.3, -0.25) is 9.69 Å². The molecule has 6 nitrogen and oxygen atoms in total. The average molecular weight is 332 g/mol. The molecule has 1 aliphatic carbocycles. The van der Waals surface area contributed by atoms with Gasteiger partial charge in [0.05, 0.1) is 7.11 Å². The molecule has 132 valence electrons. The van der Waals surface area contributed by atoms with E-state index in [-0.39, 0.29) is 11.8 Å². The second-order valence-electron chi connectivity index (χ2n) is 7.05. The Kier molecular flexibility index (Phi) is 6.01. The summed E-state index contributed by atoms with van der Waals surface area (Å²) in [6.07, 6.45) is 10.6. The van der Waals surface area contributed by atoms with Crippen molar-refractivity contribution in [2.24, 2.45) is 11.8 Å². The Morgan fingerprint density at radius 3 is 2.71 bits per heavy atom. The van der Waals surface area contributed by atoms with Gasteiger partial charge in [-0.15, -0.1) is 0 Å². The molecule has 1 amide bonds. The van der Waals surface area contributed by atoms with Crippen LogP contribution in [0.1, 0.15) is 44.1 Å². The van der Waals surface area contributed by atoms with Crippen LogP contribution in [-0.4, -0.2) is 47.5 Å². The summed E-state index contributed by atoms with van der Waals surface area (Å²) in [7, 11) is 1.57. The van der Waals surface area contributed by atoms with E-state index in [1.54, 1.807) is 7.11 Å². The molecular formula is C18H28N4O2. The fourth-order valence-corrected chi connectivity index (χ4v) is 3.77. The molecule has 1 unspecified atom stereocenters. The van der Waals surface area contributed by atoms with Crippen molar-refractivity contribution < 1.29 is 9.53 Å². The summed E-state index contributed by atoms with van der Waals surface area (Å²) in [5, 5.41) is 3.19. The quantitative estimate of drug-likeness (QED) is 0.863. The zero-order valence-electron chi connectivity index (χ0n) is 14.5. The van der Waals surface area contributed by atoms with Gasteiger partial charge in [0, 0.05) is 43.5 Å². The second-order valence-corrected chi connectivity index (χ2v) is 7.05. The molecule has 0 bridgehead atoms. The fraction of sp³-hybridized carbons (Fsp3) is 0.722. The summed E-state index contributed by atoms with van der Waals surface area (Å²) >= 11 is 0. The minimum Gasteiger partial charge on any atom is -0.467 e. The molecule has 0 spiro atoms. The standard InChI is InChI=1S/C18H28N4O2/c1-24-18-20-10-15(11-21-18)13-22-8-7-14(12-22)9-19-17(23)16-5-3-2-4-6-16/h10-11,14,16H,2-9,12-13H2,1H3,(H,19,23). The molecule has 1 aromatic rings. The van der Waals surface area contributed by atoms with E-state index in [1.165, 1.54) is 19.3 Å². The number of hydrogen-bond donors (Lipinski definition) is 1. The Labute approximate surface area is 144 Å². The molecule has 1 saturated heterocycles. The van der Waals surface area contributed by atoms with Gasteiger partial charge in [0.25, 0.3) is 0 Å². The maximum absolute atomic E-state index is 12.2. The number of amides is 1. The van der Waals surface area contributed by atoms with Gasteiger partial charge in [-0.1, -0.05) is 19.3 Å². The lowest BCUT2D eigenvalue weighted by atomic mass is 9.88. The number of aromatic nitrogens is 2. The van der Waals surface area contributed by atoms with E-state index in [0.29, 0.717) is 11.9 Å². The van der Waals surface area contributed by atoms with E-state index in [2.05, 4.69) is 20.2 Å². The van der Waals surface area contributed by atoms with Crippen molar-refractivity contribution in [3.05, 3.63) is 18.0 Å². The third kappa shape index (κ3) is 4.66. The van der Waals surface area contributed by atoms with Crippen molar-refractivity contribution in [3.63, 3.8) is 0 Å². The van der Waals surface area contributed by atoms with Crippen LogP contribution in [0.4, 0.5) is 0 Å². The number of methoxy groups -OCH3 is 1. The van der Waals surface area contributed by atoms with Gasteiger partial charge < -0.3 is 10.1 Å². The van der Waals surface area contributed by atoms with E-state index in [9.17, 15) is 4.79 Å². The summed E-state index contributed by atoms with van der Waals surface area (Å²) in [6.45, 7) is 3.76. The second kappa shape index (κ2) is 8.42. The predicted octanol–water partition coefficient (Wildman–Crippen LogP) is 2.00. The van der Waals surface area contributed by atoms with Crippen LogP contribution in [0.3, 0.4) is 0 Å². The third-order valence-corrected chi connectivity index (χ3v) is 5.18. The lowest BCUT2D eigenvalue weighted by Crippen LogP contribution is -2.36. The zero-order chi connectivity index (χ0) is 16.8. The number of hydrogen-bond acceptors (Lipinski definition) is 5. The van der Waals surface area contributed by atoms with Gasteiger partial charge in [0.15, 0.2) is 0 Å². The first-order valence-electron chi connectivity index (χ1n) is 9.09. The zero-order valence-corrected chi connectivity index (χ0v) is 14.5. The molecule has 6 heteroatoms. The van der Waals surface area contributed by atoms with E-state index < -0.39 is 0 Å².